The van der Waals surface area contributed by atoms with Gasteiger partial charge in [0.25, 0.3) is 5.91 Å². The van der Waals surface area contributed by atoms with E-state index in [1.807, 2.05) is 60.8 Å². The van der Waals surface area contributed by atoms with Gasteiger partial charge >= 0.3 is 0 Å². The molecule has 0 radical (unpaired) electrons. The highest BCUT2D eigenvalue weighted by Crippen LogP contribution is 2.27. The van der Waals surface area contributed by atoms with E-state index in [1.54, 1.807) is 18.2 Å². The molecule has 0 saturated heterocycles. The van der Waals surface area contributed by atoms with E-state index >= 15 is 0 Å². The fourth-order valence-electron chi connectivity index (χ4n) is 2.81. The zero-order valence-electron chi connectivity index (χ0n) is 15.8. The molecule has 1 aromatic heterocycles. The third-order valence-corrected chi connectivity index (χ3v) is 5.15. The summed E-state index contributed by atoms with van der Waals surface area (Å²) >= 11 is 1.47. The molecule has 27 heavy (non-hydrogen) atoms. The van der Waals surface area contributed by atoms with Crippen LogP contribution in [0.4, 0.5) is 5.69 Å². The molecule has 2 aromatic carbocycles. The lowest BCUT2D eigenvalue weighted by Gasteiger charge is -2.11. The molecule has 0 atom stereocenters. The molecule has 0 spiro atoms. The van der Waals surface area contributed by atoms with Crippen LogP contribution in [0.3, 0.4) is 0 Å². The van der Waals surface area contributed by atoms with Crippen LogP contribution < -0.4 is 14.4 Å². The van der Waals surface area contributed by atoms with E-state index in [0.717, 1.165) is 21.7 Å². The Morgan fingerprint density at radius 1 is 1.26 bits per heavy atom. The van der Waals surface area contributed by atoms with Crippen molar-refractivity contribution >= 4 is 33.1 Å². The van der Waals surface area contributed by atoms with Crippen LogP contribution in [0.2, 0.25) is 0 Å². The number of benzene rings is 2. The third-order valence-electron chi connectivity index (χ3n) is 4.10. The lowest BCUT2D eigenvalue weighted by Crippen LogP contribution is -2.16. The molecule has 0 bridgehead atoms. The zero-order valence-corrected chi connectivity index (χ0v) is 16.6. The fourth-order valence-corrected chi connectivity index (χ4v) is 3.86. The van der Waals surface area contributed by atoms with E-state index in [-0.39, 0.29) is 5.91 Å². The highest BCUT2D eigenvalue weighted by atomic mass is 32.1. The summed E-state index contributed by atoms with van der Waals surface area (Å²) in [6, 6.07) is 13.3. The maximum Gasteiger partial charge on any atom is 0.279 e. The molecule has 6 heteroatoms. The second-order valence-electron chi connectivity index (χ2n) is 6.18. The topological polar surface area (TPSA) is 46.8 Å². The molecular formula is C21H23N3O2S. The zero-order chi connectivity index (χ0) is 19.4. The summed E-state index contributed by atoms with van der Waals surface area (Å²) in [4.78, 5) is 19.7. The average molecular weight is 382 g/mol. The molecule has 5 nitrogen and oxygen atoms in total. The van der Waals surface area contributed by atoms with Crippen LogP contribution in [0, 0.1) is 0 Å². The Morgan fingerprint density at radius 3 is 2.63 bits per heavy atom. The molecular weight excluding hydrogens is 358 g/mol. The molecule has 0 saturated carbocycles. The van der Waals surface area contributed by atoms with E-state index in [2.05, 4.69) is 11.6 Å². The average Bonchev–Trinajstić information content (AvgIpc) is 3.00. The van der Waals surface area contributed by atoms with E-state index in [9.17, 15) is 4.79 Å². The molecule has 3 rings (SSSR count). The highest BCUT2D eigenvalue weighted by molar-refractivity contribution is 7.16. The first-order chi connectivity index (χ1) is 13.0. The Bertz CT molecular complexity index is 1030. The number of thiazole rings is 1. The summed E-state index contributed by atoms with van der Waals surface area (Å²) in [6.07, 6.45) is 1.80. The van der Waals surface area contributed by atoms with Crippen molar-refractivity contribution in [1.82, 2.24) is 4.57 Å². The molecule has 0 aliphatic heterocycles. The van der Waals surface area contributed by atoms with Crippen molar-refractivity contribution in [3.05, 3.63) is 65.5 Å². The smallest absolute Gasteiger partial charge is 0.279 e. The van der Waals surface area contributed by atoms with E-state index in [1.165, 1.54) is 11.3 Å². The summed E-state index contributed by atoms with van der Waals surface area (Å²) in [6.45, 7) is 6.92. The summed E-state index contributed by atoms with van der Waals surface area (Å²) in [7, 11) is 3.93. The van der Waals surface area contributed by atoms with Gasteiger partial charge in [-0.1, -0.05) is 23.5 Å². The van der Waals surface area contributed by atoms with Gasteiger partial charge in [0.05, 0.1) is 11.3 Å². The lowest BCUT2D eigenvalue weighted by atomic mass is 10.2. The van der Waals surface area contributed by atoms with Crippen molar-refractivity contribution in [2.45, 2.75) is 13.5 Å². The van der Waals surface area contributed by atoms with Crippen molar-refractivity contribution in [1.29, 1.82) is 0 Å². The normalized spacial score (nSPS) is 11.6. The number of rotatable bonds is 6. The molecule has 0 unspecified atom stereocenters. The fraction of sp³-hybridized carbons (Fsp3) is 0.238. The van der Waals surface area contributed by atoms with E-state index < -0.39 is 0 Å². The number of hydrogen-bond donors (Lipinski definition) is 0. The van der Waals surface area contributed by atoms with Gasteiger partial charge in [0.2, 0.25) is 0 Å². The van der Waals surface area contributed by atoms with Crippen LogP contribution >= 0.6 is 11.3 Å². The minimum absolute atomic E-state index is 0.261. The number of nitrogens with zero attached hydrogens (tertiary/aromatic N) is 3. The van der Waals surface area contributed by atoms with Gasteiger partial charge in [-0.15, -0.1) is 6.58 Å². The van der Waals surface area contributed by atoms with Crippen LogP contribution in [0.1, 0.15) is 17.3 Å². The summed E-state index contributed by atoms with van der Waals surface area (Å²) in [5.74, 6) is 0.528. The first kappa shape index (κ1) is 18.9. The van der Waals surface area contributed by atoms with Gasteiger partial charge in [-0.3, -0.25) is 4.79 Å². The van der Waals surface area contributed by atoms with Crippen LogP contribution in [-0.4, -0.2) is 31.2 Å². The number of para-hydroxylation sites is 1. The van der Waals surface area contributed by atoms with Crippen LogP contribution in [0.15, 0.2) is 60.1 Å². The minimum atomic E-state index is -0.261. The van der Waals surface area contributed by atoms with Crippen molar-refractivity contribution in [2.24, 2.45) is 4.99 Å². The summed E-state index contributed by atoms with van der Waals surface area (Å²) in [5, 5.41) is 0. The van der Waals surface area contributed by atoms with Crippen LogP contribution in [0.25, 0.3) is 10.2 Å². The Labute approximate surface area is 162 Å². The van der Waals surface area contributed by atoms with Crippen molar-refractivity contribution in [3.63, 3.8) is 0 Å². The Hall–Kier alpha value is -2.86. The van der Waals surface area contributed by atoms with Gasteiger partial charge in [0.15, 0.2) is 4.80 Å². The molecule has 140 valence electrons. The Morgan fingerprint density at radius 2 is 2.00 bits per heavy atom. The van der Waals surface area contributed by atoms with Crippen molar-refractivity contribution in [3.8, 4) is 5.75 Å². The number of carbonyl (C=O) groups is 1. The lowest BCUT2D eigenvalue weighted by molar-refractivity contribution is 0.0998. The van der Waals surface area contributed by atoms with E-state index in [4.69, 9.17) is 4.74 Å². The molecule has 1 heterocycles. The van der Waals surface area contributed by atoms with E-state index in [0.29, 0.717) is 23.5 Å². The third kappa shape index (κ3) is 3.95. The number of ether oxygens (including phenoxy) is 1. The van der Waals surface area contributed by atoms with Crippen molar-refractivity contribution < 1.29 is 9.53 Å². The predicted molar refractivity (Wildman–Crippen MR) is 112 cm³/mol. The minimum Gasteiger partial charge on any atom is -0.492 e. The SMILES string of the molecule is C=CCn1c(=NC(=O)c2ccc(N(C)C)cc2)sc2cccc(OCC)c21. The number of aromatic nitrogens is 1. The second kappa shape index (κ2) is 8.22. The number of allylic oxidation sites excluding steroid dienone is 1. The number of hydrogen-bond acceptors (Lipinski definition) is 4. The Balaban J connectivity index is 2.09. The quantitative estimate of drug-likeness (QED) is 0.604. The first-order valence-corrected chi connectivity index (χ1v) is 9.59. The maximum atomic E-state index is 12.7. The molecule has 0 N–H and O–H groups in total. The Kier molecular flexibility index (Phi) is 5.76. The summed E-state index contributed by atoms with van der Waals surface area (Å²) < 4.78 is 8.77. The number of anilines is 1. The van der Waals surface area contributed by atoms with Gasteiger partial charge in [0, 0.05) is 31.9 Å². The van der Waals surface area contributed by atoms with Gasteiger partial charge < -0.3 is 14.2 Å². The monoisotopic (exact) mass is 381 g/mol. The van der Waals surface area contributed by atoms with Gasteiger partial charge in [-0.05, 0) is 43.3 Å². The van der Waals surface area contributed by atoms with Crippen molar-refractivity contribution in [2.75, 3.05) is 25.6 Å². The summed E-state index contributed by atoms with van der Waals surface area (Å²) in [5.41, 5.74) is 2.54. The first-order valence-electron chi connectivity index (χ1n) is 8.77. The maximum absolute atomic E-state index is 12.7. The largest absolute Gasteiger partial charge is 0.492 e. The van der Waals surface area contributed by atoms with Gasteiger partial charge in [-0.2, -0.15) is 4.99 Å². The predicted octanol–water partition coefficient (Wildman–Crippen LogP) is 4.09. The van der Waals surface area contributed by atoms with Gasteiger partial charge in [-0.25, -0.2) is 0 Å². The molecule has 1 amide bonds. The molecule has 0 aliphatic rings. The number of carbonyl (C=O) groups excluding carboxylic acids is 1. The van der Waals surface area contributed by atoms with Crippen LogP contribution in [-0.2, 0) is 6.54 Å². The number of fused-ring (bicyclic) bond motifs is 1. The van der Waals surface area contributed by atoms with Gasteiger partial charge in [0.1, 0.15) is 11.3 Å². The highest BCUT2D eigenvalue weighted by Gasteiger charge is 2.12. The van der Waals surface area contributed by atoms with Crippen LogP contribution in [0.5, 0.6) is 5.75 Å². The molecule has 3 aromatic rings. The second-order valence-corrected chi connectivity index (χ2v) is 7.19. The molecule has 0 fully saturated rings. The molecule has 0 aliphatic carbocycles. The standard InChI is InChI=1S/C21H23N3O2S/c1-5-14-24-19-17(26-6-2)8-7-9-18(19)27-21(24)22-20(25)15-10-12-16(13-11-15)23(3)4/h5,7-13H,1,6,14H2,2-4H3. The number of amides is 1.